The average molecular weight is 460 g/mol. The molecule has 0 saturated heterocycles. The Labute approximate surface area is 198 Å². The Balaban J connectivity index is 3.23. The van der Waals surface area contributed by atoms with Gasteiger partial charge in [0, 0.05) is 18.0 Å². The fraction of sp³-hybridized carbons (Fsp3) is 0.577. The Morgan fingerprint density at radius 2 is 1.61 bits per heavy atom. The number of likely N-dealkylation sites (N-methyl/N-ethyl adjacent to an activating group) is 2. The van der Waals surface area contributed by atoms with Crippen molar-refractivity contribution in [1.29, 1.82) is 0 Å². The number of amides is 2. The summed E-state index contributed by atoms with van der Waals surface area (Å²) >= 11 is 0. The average Bonchev–Trinajstić information content (AvgIpc) is 2.74. The van der Waals surface area contributed by atoms with Crippen LogP contribution in [0.3, 0.4) is 0 Å². The molecule has 1 rings (SSSR count). The second-order valence-electron chi connectivity index (χ2n) is 10.2. The summed E-state index contributed by atoms with van der Waals surface area (Å²) in [6, 6.07) is 8.04. The van der Waals surface area contributed by atoms with Crippen molar-refractivity contribution in [3.8, 4) is 0 Å². The number of benzene rings is 1. The maximum absolute atomic E-state index is 13.5. The van der Waals surface area contributed by atoms with Crippen LogP contribution in [0, 0.1) is 5.41 Å². The van der Waals surface area contributed by atoms with E-state index in [2.05, 4.69) is 10.6 Å². The maximum atomic E-state index is 13.5. The van der Waals surface area contributed by atoms with Gasteiger partial charge in [-0.1, -0.05) is 78.0 Å². The van der Waals surface area contributed by atoms with Crippen LogP contribution in [0.1, 0.15) is 60.5 Å². The van der Waals surface area contributed by atoms with Crippen molar-refractivity contribution < 1.29 is 19.5 Å². The topological polar surface area (TPSA) is 98.7 Å². The Bertz CT molecular complexity index is 856. The molecule has 0 bridgehead atoms. The number of nitrogens with one attached hydrogen (secondary N) is 2. The van der Waals surface area contributed by atoms with E-state index in [1.54, 1.807) is 20.2 Å². The zero-order chi connectivity index (χ0) is 25.6. The molecule has 33 heavy (non-hydrogen) atoms. The van der Waals surface area contributed by atoms with Crippen molar-refractivity contribution in [1.82, 2.24) is 15.5 Å². The van der Waals surface area contributed by atoms with Crippen LogP contribution in [-0.2, 0) is 19.8 Å². The molecule has 1 aromatic rings. The Hall–Kier alpha value is -2.67. The van der Waals surface area contributed by atoms with E-state index in [4.69, 9.17) is 0 Å². The lowest BCUT2D eigenvalue weighted by molar-refractivity contribution is -0.140. The van der Waals surface area contributed by atoms with E-state index < -0.39 is 34.9 Å². The first-order valence-electron chi connectivity index (χ1n) is 11.4. The molecule has 0 radical (unpaired) electrons. The minimum absolute atomic E-state index is 0.178. The number of aliphatic carboxylic acids is 1. The first-order valence-corrected chi connectivity index (χ1v) is 11.4. The highest BCUT2D eigenvalue weighted by Crippen LogP contribution is 2.28. The van der Waals surface area contributed by atoms with Crippen molar-refractivity contribution in [2.45, 2.75) is 78.4 Å². The van der Waals surface area contributed by atoms with Crippen molar-refractivity contribution >= 4 is 17.8 Å². The lowest BCUT2D eigenvalue weighted by atomic mass is 9.76. The third-order valence-electron chi connectivity index (χ3n) is 6.23. The first-order chi connectivity index (χ1) is 15.2. The molecule has 3 N–H and O–H groups in total. The van der Waals surface area contributed by atoms with Gasteiger partial charge < -0.3 is 20.6 Å². The normalized spacial score (nSPS) is 15.4. The van der Waals surface area contributed by atoms with Gasteiger partial charge in [0.15, 0.2) is 0 Å². The Morgan fingerprint density at radius 3 is 2.03 bits per heavy atom. The van der Waals surface area contributed by atoms with Gasteiger partial charge in [-0.05, 0) is 31.4 Å². The van der Waals surface area contributed by atoms with Crippen LogP contribution in [0.2, 0.25) is 0 Å². The second kappa shape index (κ2) is 11.5. The van der Waals surface area contributed by atoms with Crippen molar-refractivity contribution in [3.63, 3.8) is 0 Å². The monoisotopic (exact) mass is 459 g/mol. The van der Waals surface area contributed by atoms with E-state index in [1.807, 2.05) is 71.9 Å². The van der Waals surface area contributed by atoms with Gasteiger partial charge in [0.2, 0.25) is 11.8 Å². The number of carboxylic acid groups (broad SMARTS) is 1. The molecule has 0 heterocycles. The second-order valence-corrected chi connectivity index (χ2v) is 10.2. The van der Waals surface area contributed by atoms with Gasteiger partial charge in [-0.25, -0.2) is 4.79 Å². The fourth-order valence-electron chi connectivity index (χ4n) is 3.96. The quantitative estimate of drug-likeness (QED) is 0.466. The number of carbonyl (C=O) groups excluding carboxylic acids is 2. The van der Waals surface area contributed by atoms with Gasteiger partial charge in [0.1, 0.15) is 6.04 Å². The lowest BCUT2D eigenvalue weighted by Gasteiger charge is -2.39. The molecule has 1 unspecified atom stereocenters. The number of carbonyl (C=O) groups is 3. The minimum Gasteiger partial charge on any atom is -0.478 e. The molecule has 0 aliphatic heterocycles. The first kappa shape index (κ1) is 28.4. The molecule has 0 spiro atoms. The fourth-order valence-corrected chi connectivity index (χ4v) is 3.96. The zero-order valence-electron chi connectivity index (χ0n) is 21.5. The smallest absolute Gasteiger partial charge is 0.331 e. The molecule has 0 aromatic heterocycles. The summed E-state index contributed by atoms with van der Waals surface area (Å²) in [5.41, 5.74) is 0.110. The van der Waals surface area contributed by atoms with E-state index >= 15 is 0 Å². The van der Waals surface area contributed by atoms with E-state index in [0.717, 1.165) is 5.56 Å². The van der Waals surface area contributed by atoms with Crippen LogP contribution in [0.4, 0.5) is 0 Å². The predicted molar refractivity (Wildman–Crippen MR) is 132 cm³/mol. The van der Waals surface area contributed by atoms with Crippen LogP contribution in [0.25, 0.3) is 0 Å². The van der Waals surface area contributed by atoms with Gasteiger partial charge in [-0.3, -0.25) is 9.59 Å². The highest BCUT2D eigenvalue weighted by Gasteiger charge is 2.41. The molecule has 184 valence electrons. The minimum atomic E-state index is -1.02. The van der Waals surface area contributed by atoms with E-state index in [0.29, 0.717) is 6.42 Å². The van der Waals surface area contributed by atoms with E-state index in [9.17, 15) is 19.5 Å². The molecule has 0 aliphatic carbocycles. The lowest BCUT2D eigenvalue weighted by Crippen LogP contribution is -2.61. The van der Waals surface area contributed by atoms with Crippen LogP contribution in [-0.4, -0.2) is 60.0 Å². The Kier molecular flexibility index (Phi) is 9.85. The number of hydrogen-bond acceptors (Lipinski definition) is 4. The van der Waals surface area contributed by atoms with E-state index in [1.165, 1.54) is 11.8 Å². The van der Waals surface area contributed by atoms with Crippen molar-refractivity contribution in [3.05, 3.63) is 47.5 Å². The third-order valence-corrected chi connectivity index (χ3v) is 6.23. The largest absolute Gasteiger partial charge is 0.478 e. The van der Waals surface area contributed by atoms with E-state index in [-0.39, 0.29) is 17.4 Å². The third kappa shape index (κ3) is 7.16. The zero-order valence-corrected chi connectivity index (χ0v) is 21.5. The molecule has 0 fully saturated rings. The molecular formula is C26H41N3O4. The standard InChI is InChI=1S/C26H41N3O4/c1-10-19(16-17(2)24(32)33)29(9)23(31)21(25(3,4)5)28-22(30)20(27-8)26(6,7)18-14-12-11-13-15-18/h11-16,19-21,27H,10H2,1-9H3,(H,28,30)(H,32,33)/b17-16+/t19-,20?,21+/m0/s1. The number of carboxylic acids is 1. The molecule has 0 aliphatic rings. The van der Waals surface area contributed by atoms with Crippen LogP contribution in [0.5, 0.6) is 0 Å². The molecule has 7 heteroatoms. The molecule has 1 aromatic carbocycles. The summed E-state index contributed by atoms with van der Waals surface area (Å²) in [5, 5.41) is 15.3. The van der Waals surface area contributed by atoms with Gasteiger partial charge in [-0.15, -0.1) is 0 Å². The Morgan fingerprint density at radius 1 is 1.06 bits per heavy atom. The van der Waals surface area contributed by atoms with Crippen molar-refractivity contribution in [2.75, 3.05) is 14.1 Å². The summed E-state index contributed by atoms with van der Waals surface area (Å²) in [6.07, 6.45) is 2.13. The summed E-state index contributed by atoms with van der Waals surface area (Å²) < 4.78 is 0. The van der Waals surface area contributed by atoms with Gasteiger partial charge >= 0.3 is 5.97 Å². The number of rotatable bonds is 10. The number of hydrogen-bond donors (Lipinski definition) is 3. The van der Waals surface area contributed by atoms with Crippen LogP contribution in [0.15, 0.2) is 42.0 Å². The highest BCUT2D eigenvalue weighted by molar-refractivity contribution is 5.91. The maximum Gasteiger partial charge on any atom is 0.331 e. The summed E-state index contributed by atoms with van der Waals surface area (Å²) in [4.78, 5) is 39.8. The summed E-state index contributed by atoms with van der Waals surface area (Å²) in [6.45, 7) is 13.1. The molecule has 2 amide bonds. The molecule has 7 nitrogen and oxygen atoms in total. The van der Waals surface area contributed by atoms with Gasteiger partial charge in [0.25, 0.3) is 0 Å². The summed E-state index contributed by atoms with van der Waals surface area (Å²) in [5.74, 6) is -1.54. The van der Waals surface area contributed by atoms with Gasteiger partial charge in [-0.2, -0.15) is 0 Å². The molecule has 0 saturated carbocycles. The van der Waals surface area contributed by atoms with Crippen LogP contribution >= 0.6 is 0 Å². The van der Waals surface area contributed by atoms with Crippen molar-refractivity contribution in [2.24, 2.45) is 5.41 Å². The number of nitrogens with zero attached hydrogens (tertiary/aromatic N) is 1. The van der Waals surface area contributed by atoms with Crippen LogP contribution < -0.4 is 10.6 Å². The molecule has 3 atom stereocenters. The SMILES string of the molecule is CC[C@@H](/C=C(\C)C(=O)O)N(C)C(=O)[C@@H](NC(=O)C(NC)C(C)(C)c1ccccc1)C(C)(C)C. The highest BCUT2D eigenvalue weighted by atomic mass is 16.4. The molecular weight excluding hydrogens is 418 g/mol. The summed E-state index contributed by atoms with van der Waals surface area (Å²) in [7, 11) is 3.39. The van der Waals surface area contributed by atoms with Gasteiger partial charge in [0.05, 0.1) is 12.1 Å². The predicted octanol–water partition coefficient (Wildman–Crippen LogP) is 3.35.